The van der Waals surface area contributed by atoms with Crippen molar-refractivity contribution >= 4 is 22.4 Å². The molecule has 134 valence electrons. The molecule has 0 unspecified atom stereocenters. The predicted molar refractivity (Wildman–Crippen MR) is 91.7 cm³/mol. The van der Waals surface area contributed by atoms with E-state index in [2.05, 4.69) is 25.2 Å². The number of morpholine rings is 1. The molecule has 1 saturated heterocycles. The van der Waals surface area contributed by atoms with Gasteiger partial charge in [0.15, 0.2) is 10.9 Å². The first-order chi connectivity index (χ1) is 12.0. The molecule has 0 spiro atoms. The fraction of sp³-hybridized carbons (Fsp3) is 0.500. The number of amides is 1. The van der Waals surface area contributed by atoms with Gasteiger partial charge in [0.05, 0.1) is 24.6 Å². The van der Waals surface area contributed by atoms with Gasteiger partial charge in [-0.3, -0.25) is 9.69 Å². The van der Waals surface area contributed by atoms with E-state index in [0.717, 1.165) is 24.5 Å². The number of carbonyl (C=O) groups is 1. The minimum Gasteiger partial charge on any atom is -0.372 e. The van der Waals surface area contributed by atoms with E-state index in [1.165, 1.54) is 30.7 Å². The summed E-state index contributed by atoms with van der Waals surface area (Å²) in [6.07, 6.45) is 4.72. The Labute approximate surface area is 149 Å². The smallest absolute Gasteiger partial charge is 0.223 e. The van der Waals surface area contributed by atoms with Gasteiger partial charge in [-0.2, -0.15) is 0 Å². The van der Waals surface area contributed by atoms with Gasteiger partial charge in [0.25, 0.3) is 0 Å². The van der Waals surface area contributed by atoms with Crippen LogP contribution in [0.25, 0.3) is 0 Å². The topological polar surface area (TPSA) is 80.2 Å². The highest BCUT2D eigenvalue weighted by molar-refractivity contribution is 7.15. The van der Waals surface area contributed by atoms with Crippen molar-refractivity contribution in [1.29, 1.82) is 0 Å². The molecule has 9 heteroatoms. The normalized spacial score (nSPS) is 21.2. The maximum absolute atomic E-state index is 12.9. The summed E-state index contributed by atoms with van der Waals surface area (Å²) in [5.41, 5.74) is 0. The predicted octanol–water partition coefficient (Wildman–Crippen LogP) is 1.86. The third-order valence-corrected chi connectivity index (χ3v) is 4.60. The van der Waals surface area contributed by atoms with Crippen LogP contribution in [0.5, 0.6) is 0 Å². The number of carbonyl (C=O) groups excluding carboxylic acids is 1. The first-order valence-corrected chi connectivity index (χ1v) is 8.86. The summed E-state index contributed by atoms with van der Waals surface area (Å²) < 4.78 is 18.9. The summed E-state index contributed by atoms with van der Waals surface area (Å²) in [6.45, 7) is 5.78. The van der Waals surface area contributed by atoms with Crippen LogP contribution >= 0.6 is 11.3 Å². The number of rotatable bonds is 5. The molecular formula is C16H20FN5O2S. The van der Waals surface area contributed by atoms with Crippen LogP contribution in [0.3, 0.4) is 0 Å². The van der Waals surface area contributed by atoms with Gasteiger partial charge >= 0.3 is 0 Å². The molecule has 0 aromatic carbocycles. The van der Waals surface area contributed by atoms with E-state index in [1.54, 1.807) is 6.20 Å². The number of halogens is 1. The number of anilines is 1. The lowest BCUT2D eigenvalue weighted by Crippen LogP contribution is -2.46. The third-order valence-electron chi connectivity index (χ3n) is 3.70. The molecular weight excluding hydrogens is 345 g/mol. The van der Waals surface area contributed by atoms with E-state index < -0.39 is 5.82 Å². The Morgan fingerprint density at radius 1 is 1.36 bits per heavy atom. The second-order valence-corrected chi connectivity index (χ2v) is 7.21. The minimum atomic E-state index is -0.441. The molecule has 25 heavy (non-hydrogen) atoms. The van der Waals surface area contributed by atoms with Gasteiger partial charge in [-0.25, -0.2) is 19.3 Å². The quantitative estimate of drug-likeness (QED) is 0.871. The summed E-state index contributed by atoms with van der Waals surface area (Å²) in [5.74, 6) is 0.00918. The molecule has 2 atom stereocenters. The highest BCUT2D eigenvalue weighted by atomic mass is 32.1. The van der Waals surface area contributed by atoms with Crippen LogP contribution in [0.4, 0.5) is 9.52 Å². The fourth-order valence-corrected chi connectivity index (χ4v) is 3.74. The molecule has 1 amide bonds. The van der Waals surface area contributed by atoms with Crippen LogP contribution in [0, 0.1) is 5.82 Å². The zero-order valence-electron chi connectivity index (χ0n) is 14.1. The Hall–Kier alpha value is -1.97. The Bertz CT molecular complexity index is 724. The summed E-state index contributed by atoms with van der Waals surface area (Å²) in [5, 5.41) is 3.31. The minimum absolute atomic E-state index is 0.0445. The second kappa shape index (κ2) is 7.94. The Morgan fingerprint density at radius 2 is 2.12 bits per heavy atom. The zero-order valence-corrected chi connectivity index (χ0v) is 14.9. The summed E-state index contributed by atoms with van der Waals surface area (Å²) >= 11 is 1.47. The molecule has 1 aliphatic rings. The first kappa shape index (κ1) is 17.8. The van der Waals surface area contributed by atoms with Gasteiger partial charge in [0, 0.05) is 44.1 Å². The van der Waals surface area contributed by atoms with E-state index in [0.29, 0.717) is 17.4 Å². The van der Waals surface area contributed by atoms with Crippen LogP contribution < -0.4 is 5.32 Å². The first-order valence-electron chi connectivity index (χ1n) is 8.04. The van der Waals surface area contributed by atoms with Crippen molar-refractivity contribution in [3.63, 3.8) is 0 Å². The van der Waals surface area contributed by atoms with Crippen LogP contribution in [-0.2, 0) is 22.5 Å². The number of aromatic nitrogens is 3. The zero-order chi connectivity index (χ0) is 17.8. The highest BCUT2D eigenvalue weighted by Gasteiger charge is 2.26. The fourth-order valence-electron chi connectivity index (χ4n) is 2.84. The number of nitrogens with one attached hydrogen (secondary N) is 1. The highest BCUT2D eigenvalue weighted by Crippen LogP contribution is 2.22. The Kier molecular flexibility index (Phi) is 5.67. The Balaban J connectivity index is 1.59. The molecule has 7 nitrogen and oxygen atoms in total. The molecule has 1 N–H and O–H groups in total. The van der Waals surface area contributed by atoms with Crippen molar-refractivity contribution in [1.82, 2.24) is 19.9 Å². The monoisotopic (exact) mass is 365 g/mol. The molecule has 1 fully saturated rings. The van der Waals surface area contributed by atoms with E-state index in [4.69, 9.17) is 4.74 Å². The average molecular weight is 365 g/mol. The van der Waals surface area contributed by atoms with Crippen LogP contribution in [0.2, 0.25) is 0 Å². The van der Waals surface area contributed by atoms with Crippen LogP contribution in [0.1, 0.15) is 24.5 Å². The van der Waals surface area contributed by atoms with Gasteiger partial charge in [0.2, 0.25) is 5.91 Å². The second-order valence-electron chi connectivity index (χ2n) is 6.10. The molecule has 1 aliphatic heterocycles. The lowest BCUT2D eigenvalue weighted by Gasteiger charge is -2.36. The maximum atomic E-state index is 12.9. The van der Waals surface area contributed by atoms with Gasteiger partial charge in [-0.15, -0.1) is 11.3 Å². The molecule has 2 aromatic heterocycles. The SMILES string of the molecule is CC(=O)Nc1ncc(CN2C[C@@H](Cc3ncc(F)cn3)O[C@@H](C)C2)s1. The van der Waals surface area contributed by atoms with Crippen molar-refractivity contribution in [3.8, 4) is 0 Å². The number of thiazole rings is 1. The Morgan fingerprint density at radius 3 is 2.84 bits per heavy atom. The molecule has 2 aromatic rings. The maximum Gasteiger partial charge on any atom is 0.223 e. The van der Waals surface area contributed by atoms with E-state index in [-0.39, 0.29) is 18.1 Å². The lowest BCUT2D eigenvalue weighted by atomic mass is 10.1. The number of nitrogens with zero attached hydrogens (tertiary/aromatic N) is 4. The molecule has 0 aliphatic carbocycles. The summed E-state index contributed by atoms with van der Waals surface area (Å²) in [7, 11) is 0. The van der Waals surface area contributed by atoms with E-state index >= 15 is 0 Å². The average Bonchev–Trinajstić information content (AvgIpc) is 2.95. The van der Waals surface area contributed by atoms with Crippen molar-refractivity contribution in [3.05, 3.63) is 35.1 Å². The standard InChI is InChI=1S/C16H20FN5O2S/c1-10-7-22(9-14-6-20-16(25-14)21-11(2)23)8-13(24-10)3-15-18-4-12(17)5-19-15/h4-6,10,13H,3,7-9H2,1-2H3,(H,20,21,23)/t10-,13+/m0/s1. The number of hydrogen-bond acceptors (Lipinski definition) is 7. The third kappa shape index (κ3) is 5.25. The summed E-state index contributed by atoms with van der Waals surface area (Å²) in [6, 6.07) is 0. The molecule has 0 bridgehead atoms. The van der Waals surface area contributed by atoms with Gasteiger partial charge in [-0.05, 0) is 6.92 Å². The molecule has 3 heterocycles. The van der Waals surface area contributed by atoms with E-state index in [9.17, 15) is 9.18 Å². The van der Waals surface area contributed by atoms with Gasteiger partial charge in [-0.1, -0.05) is 0 Å². The molecule has 0 radical (unpaired) electrons. The number of ether oxygens (including phenoxy) is 1. The van der Waals surface area contributed by atoms with Gasteiger partial charge < -0.3 is 10.1 Å². The van der Waals surface area contributed by atoms with Crippen molar-refractivity contribution in [2.45, 2.75) is 39.0 Å². The number of hydrogen-bond donors (Lipinski definition) is 1. The largest absolute Gasteiger partial charge is 0.372 e. The molecule has 0 saturated carbocycles. The van der Waals surface area contributed by atoms with Gasteiger partial charge in [0.1, 0.15) is 5.82 Å². The van der Waals surface area contributed by atoms with Crippen molar-refractivity contribution in [2.75, 3.05) is 18.4 Å². The van der Waals surface area contributed by atoms with Crippen LogP contribution in [-0.4, -0.2) is 51.1 Å². The molecule has 3 rings (SSSR count). The van der Waals surface area contributed by atoms with Crippen LogP contribution in [0.15, 0.2) is 18.6 Å². The lowest BCUT2D eigenvalue weighted by molar-refractivity contribution is -0.114. The summed E-state index contributed by atoms with van der Waals surface area (Å²) in [4.78, 5) is 26.7. The van der Waals surface area contributed by atoms with Crippen molar-refractivity contribution in [2.24, 2.45) is 0 Å². The van der Waals surface area contributed by atoms with E-state index in [1.807, 2.05) is 6.92 Å². The van der Waals surface area contributed by atoms with Crippen molar-refractivity contribution < 1.29 is 13.9 Å².